The van der Waals surface area contributed by atoms with Crippen molar-refractivity contribution in [3.05, 3.63) is 0 Å². The standard InChI is InChI=1S/C9H18O2/c1-9(2)4-7(6-10)3-8(11)5-9/h7-8,10-11H,3-6H2,1-2H3. The van der Waals surface area contributed by atoms with Gasteiger partial charge in [0.1, 0.15) is 0 Å². The van der Waals surface area contributed by atoms with Gasteiger partial charge in [-0.05, 0) is 30.6 Å². The Morgan fingerprint density at radius 2 is 2.00 bits per heavy atom. The van der Waals surface area contributed by atoms with Gasteiger partial charge in [0.25, 0.3) is 0 Å². The molecule has 2 unspecified atom stereocenters. The van der Waals surface area contributed by atoms with Crippen molar-refractivity contribution >= 4 is 0 Å². The molecule has 2 nitrogen and oxygen atoms in total. The highest BCUT2D eigenvalue weighted by molar-refractivity contribution is 4.83. The van der Waals surface area contributed by atoms with E-state index in [0.717, 1.165) is 19.3 Å². The minimum Gasteiger partial charge on any atom is -0.396 e. The molecule has 0 aliphatic heterocycles. The van der Waals surface area contributed by atoms with Gasteiger partial charge in [0, 0.05) is 6.61 Å². The van der Waals surface area contributed by atoms with Gasteiger partial charge in [0.2, 0.25) is 0 Å². The molecule has 0 aromatic rings. The molecule has 1 aliphatic rings. The third-order valence-electron chi connectivity index (χ3n) is 2.49. The summed E-state index contributed by atoms with van der Waals surface area (Å²) in [4.78, 5) is 0. The highest BCUT2D eigenvalue weighted by atomic mass is 16.3. The molecule has 2 heteroatoms. The Labute approximate surface area is 68.2 Å². The van der Waals surface area contributed by atoms with Crippen LogP contribution in [0, 0.1) is 11.3 Å². The van der Waals surface area contributed by atoms with Crippen molar-refractivity contribution in [2.45, 2.75) is 39.2 Å². The normalized spacial score (nSPS) is 37.1. The maximum Gasteiger partial charge on any atom is 0.0548 e. The van der Waals surface area contributed by atoms with Gasteiger partial charge < -0.3 is 10.2 Å². The molecule has 1 aliphatic carbocycles. The number of aliphatic hydroxyl groups is 2. The first-order chi connectivity index (χ1) is 5.03. The van der Waals surface area contributed by atoms with E-state index < -0.39 is 0 Å². The second kappa shape index (κ2) is 3.11. The number of hydrogen-bond acceptors (Lipinski definition) is 2. The quantitative estimate of drug-likeness (QED) is 0.601. The Hall–Kier alpha value is -0.0800. The molecule has 0 radical (unpaired) electrons. The van der Waals surface area contributed by atoms with E-state index in [4.69, 9.17) is 5.11 Å². The summed E-state index contributed by atoms with van der Waals surface area (Å²) in [5, 5.41) is 18.4. The van der Waals surface area contributed by atoms with E-state index in [-0.39, 0.29) is 18.1 Å². The van der Waals surface area contributed by atoms with Crippen molar-refractivity contribution in [2.24, 2.45) is 11.3 Å². The van der Waals surface area contributed by atoms with Crippen LogP contribution in [0.1, 0.15) is 33.1 Å². The molecule has 0 amide bonds. The molecule has 0 aromatic heterocycles. The summed E-state index contributed by atoms with van der Waals surface area (Å²) in [6, 6.07) is 0. The van der Waals surface area contributed by atoms with Crippen LogP contribution in [-0.2, 0) is 0 Å². The van der Waals surface area contributed by atoms with Crippen LogP contribution < -0.4 is 0 Å². The van der Waals surface area contributed by atoms with Gasteiger partial charge in [-0.1, -0.05) is 13.8 Å². The summed E-state index contributed by atoms with van der Waals surface area (Å²) < 4.78 is 0. The average molecular weight is 158 g/mol. The highest BCUT2D eigenvalue weighted by Crippen LogP contribution is 2.38. The molecule has 0 saturated heterocycles. The first kappa shape index (κ1) is 9.01. The van der Waals surface area contributed by atoms with Gasteiger partial charge in [-0.15, -0.1) is 0 Å². The Bertz CT molecular complexity index is 132. The van der Waals surface area contributed by atoms with Crippen molar-refractivity contribution in [3.63, 3.8) is 0 Å². The van der Waals surface area contributed by atoms with E-state index in [1.807, 2.05) is 0 Å². The Morgan fingerprint density at radius 3 is 2.45 bits per heavy atom. The molecule has 2 atom stereocenters. The van der Waals surface area contributed by atoms with E-state index in [0.29, 0.717) is 5.92 Å². The fourth-order valence-electron chi connectivity index (χ4n) is 2.19. The van der Waals surface area contributed by atoms with Crippen LogP contribution in [0.4, 0.5) is 0 Å². The zero-order valence-corrected chi connectivity index (χ0v) is 7.38. The Balaban J connectivity index is 2.51. The minimum atomic E-state index is -0.198. The molecule has 0 spiro atoms. The van der Waals surface area contributed by atoms with Crippen LogP contribution in [0.3, 0.4) is 0 Å². The van der Waals surface area contributed by atoms with Crippen LogP contribution in [0.5, 0.6) is 0 Å². The summed E-state index contributed by atoms with van der Waals surface area (Å²) in [6.45, 7) is 4.52. The van der Waals surface area contributed by atoms with Gasteiger partial charge >= 0.3 is 0 Å². The summed E-state index contributed by atoms with van der Waals surface area (Å²) in [6.07, 6.45) is 2.50. The molecule has 1 rings (SSSR count). The lowest BCUT2D eigenvalue weighted by Gasteiger charge is -2.37. The second-order valence-corrected chi connectivity index (χ2v) is 4.51. The van der Waals surface area contributed by atoms with Crippen LogP contribution in [0.25, 0.3) is 0 Å². The van der Waals surface area contributed by atoms with Crippen molar-refractivity contribution in [1.82, 2.24) is 0 Å². The van der Waals surface area contributed by atoms with Gasteiger partial charge in [-0.2, -0.15) is 0 Å². The zero-order chi connectivity index (χ0) is 8.48. The maximum absolute atomic E-state index is 9.44. The Kier molecular flexibility index (Phi) is 2.55. The first-order valence-corrected chi connectivity index (χ1v) is 4.32. The summed E-state index contributed by atoms with van der Waals surface area (Å²) in [7, 11) is 0. The monoisotopic (exact) mass is 158 g/mol. The summed E-state index contributed by atoms with van der Waals surface area (Å²) in [5.74, 6) is 0.314. The third-order valence-corrected chi connectivity index (χ3v) is 2.49. The zero-order valence-electron chi connectivity index (χ0n) is 7.38. The van der Waals surface area contributed by atoms with E-state index >= 15 is 0 Å². The lowest BCUT2D eigenvalue weighted by molar-refractivity contribution is 0.0153. The smallest absolute Gasteiger partial charge is 0.0548 e. The summed E-state index contributed by atoms with van der Waals surface area (Å²) >= 11 is 0. The SMILES string of the molecule is CC1(C)CC(O)CC(CO)C1. The van der Waals surface area contributed by atoms with Crippen LogP contribution >= 0.6 is 0 Å². The van der Waals surface area contributed by atoms with Crippen molar-refractivity contribution < 1.29 is 10.2 Å². The number of rotatable bonds is 1. The lowest BCUT2D eigenvalue weighted by atomic mass is 9.71. The molecule has 11 heavy (non-hydrogen) atoms. The molecule has 0 bridgehead atoms. The number of hydrogen-bond donors (Lipinski definition) is 2. The molecule has 0 aromatic carbocycles. The molecular weight excluding hydrogens is 140 g/mol. The Morgan fingerprint density at radius 1 is 1.36 bits per heavy atom. The van der Waals surface area contributed by atoms with Gasteiger partial charge in [-0.3, -0.25) is 0 Å². The van der Waals surface area contributed by atoms with E-state index in [1.54, 1.807) is 0 Å². The maximum atomic E-state index is 9.44. The molecule has 1 saturated carbocycles. The second-order valence-electron chi connectivity index (χ2n) is 4.51. The molecule has 0 heterocycles. The fourth-order valence-corrected chi connectivity index (χ4v) is 2.19. The average Bonchev–Trinajstić information content (AvgIpc) is 1.83. The van der Waals surface area contributed by atoms with Gasteiger partial charge in [0.05, 0.1) is 6.10 Å². The third kappa shape index (κ3) is 2.46. The fraction of sp³-hybridized carbons (Fsp3) is 1.00. The molecular formula is C9H18O2. The van der Waals surface area contributed by atoms with Gasteiger partial charge in [-0.25, -0.2) is 0 Å². The van der Waals surface area contributed by atoms with Crippen LogP contribution in [0.15, 0.2) is 0 Å². The van der Waals surface area contributed by atoms with E-state index in [1.165, 1.54) is 0 Å². The molecule has 2 N–H and O–H groups in total. The number of aliphatic hydroxyl groups excluding tert-OH is 2. The van der Waals surface area contributed by atoms with Gasteiger partial charge in [0.15, 0.2) is 0 Å². The molecule has 66 valence electrons. The predicted molar refractivity (Wildman–Crippen MR) is 44.2 cm³/mol. The van der Waals surface area contributed by atoms with Crippen molar-refractivity contribution in [1.29, 1.82) is 0 Å². The van der Waals surface area contributed by atoms with E-state index in [9.17, 15) is 5.11 Å². The van der Waals surface area contributed by atoms with Crippen molar-refractivity contribution in [2.75, 3.05) is 6.61 Å². The predicted octanol–water partition coefficient (Wildman–Crippen LogP) is 1.17. The van der Waals surface area contributed by atoms with Crippen LogP contribution in [0.2, 0.25) is 0 Å². The molecule has 1 fully saturated rings. The largest absolute Gasteiger partial charge is 0.396 e. The van der Waals surface area contributed by atoms with E-state index in [2.05, 4.69) is 13.8 Å². The topological polar surface area (TPSA) is 40.5 Å². The highest BCUT2D eigenvalue weighted by Gasteiger charge is 2.32. The van der Waals surface area contributed by atoms with Crippen LogP contribution in [-0.4, -0.2) is 22.9 Å². The minimum absolute atomic E-state index is 0.198. The van der Waals surface area contributed by atoms with Crippen molar-refractivity contribution in [3.8, 4) is 0 Å². The lowest BCUT2D eigenvalue weighted by Crippen LogP contribution is -2.33. The first-order valence-electron chi connectivity index (χ1n) is 4.32. The summed E-state index contributed by atoms with van der Waals surface area (Å²) in [5.41, 5.74) is 0.213.